The maximum atomic E-state index is 11.7. The van der Waals surface area contributed by atoms with Gasteiger partial charge in [0.25, 0.3) is 0 Å². The molecule has 104 valence electrons. The molecule has 1 atom stereocenters. The molecule has 1 aromatic rings. The Morgan fingerprint density at radius 2 is 1.79 bits per heavy atom. The van der Waals surface area contributed by atoms with Crippen LogP contribution < -0.4 is 10.6 Å². The summed E-state index contributed by atoms with van der Waals surface area (Å²) in [5.41, 5.74) is 1.21. The molecule has 0 fully saturated rings. The lowest BCUT2D eigenvalue weighted by molar-refractivity contribution is -0.118. The number of nitrogens with one attached hydrogen (secondary N) is 2. The van der Waals surface area contributed by atoms with Crippen LogP contribution in [0.25, 0.3) is 0 Å². The number of hydrogen-bond acceptors (Lipinski definition) is 3. The molecular formula is C14H20N2O3. The third-order valence-electron chi connectivity index (χ3n) is 2.63. The van der Waals surface area contributed by atoms with Crippen LogP contribution in [-0.2, 0) is 9.59 Å². The van der Waals surface area contributed by atoms with Gasteiger partial charge in [-0.05, 0) is 24.1 Å². The Kier molecular flexibility index (Phi) is 5.51. The highest BCUT2D eigenvalue weighted by Gasteiger charge is 2.14. The van der Waals surface area contributed by atoms with Crippen molar-refractivity contribution in [2.45, 2.75) is 33.3 Å². The van der Waals surface area contributed by atoms with Gasteiger partial charge in [0, 0.05) is 18.3 Å². The Labute approximate surface area is 113 Å². The van der Waals surface area contributed by atoms with Crippen molar-refractivity contribution in [3.63, 3.8) is 0 Å². The van der Waals surface area contributed by atoms with Gasteiger partial charge in [-0.15, -0.1) is 0 Å². The zero-order chi connectivity index (χ0) is 14.4. The van der Waals surface area contributed by atoms with Crippen molar-refractivity contribution < 1.29 is 14.7 Å². The van der Waals surface area contributed by atoms with Crippen LogP contribution >= 0.6 is 0 Å². The summed E-state index contributed by atoms with van der Waals surface area (Å²) in [6.07, 6.45) is -0.597. The largest absolute Gasteiger partial charge is 0.392 e. The smallest absolute Gasteiger partial charge is 0.226 e. The number of carbonyl (C=O) groups excluding carboxylic acids is 2. The SMILES string of the molecule is CC(=O)Nc1cccc(NC(=O)CC(O)C(C)C)c1. The molecule has 0 bridgehead atoms. The number of benzene rings is 1. The summed E-state index contributed by atoms with van der Waals surface area (Å²) >= 11 is 0. The Morgan fingerprint density at radius 3 is 2.32 bits per heavy atom. The van der Waals surface area contributed by atoms with Crippen LogP contribution in [0.3, 0.4) is 0 Å². The molecule has 0 aromatic heterocycles. The van der Waals surface area contributed by atoms with Gasteiger partial charge < -0.3 is 15.7 Å². The molecule has 5 heteroatoms. The summed E-state index contributed by atoms with van der Waals surface area (Å²) in [7, 11) is 0. The molecule has 0 saturated heterocycles. The summed E-state index contributed by atoms with van der Waals surface area (Å²) in [6.45, 7) is 5.13. The molecule has 0 radical (unpaired) electrons. The van der Waals surface area contributed by atoms with Gasteiger partial charge in [-0.2, -0.15) is 0 Å². The minimum atomic E-state index is -0.654. The van der Waals surface area contributed by atoms with Gasteiger partial charge >= 0.3 is 0 Å². The lowest BCUT2D eigenvalue weighted by Crippen LogP contribution is -2.23. The van der Waals surface area contributed by atoms with Gasteiger partial charge in [0.1, 0.15) is 0 Å². The summed E-state index contributed by atoms with van der Waals surface area (Å²) in [5.74, 6) is -0.378. The summed E-state index contributed by atoms with van der Waals surface area (Å²) in [5, 5.41) is 15.0. The van der Waals surface area contributed by atoms with Crippen LogP contribution in [-0.4, -0.2) is 23.0 Å². The van der Waals surface area contributed by atoms with E-state index in [9.17, 15) is 14.7 Å². The number of rotatable bonds is 5. The molecule has 0 aliphatic heterocycles. The van der Waals surface area contributed by atoms with Gasteiger partial charge in [-0.1, -0.05) is 19.9 Å². The average molecular weight is 264 g/mol. The predicted octanol–water partition coefficient (Wildman–Crippen LogP) is 1.99. The second-order valence-electron chi connectivity index (χ2n) is 4.83. The number of hydrogen-bond donors (Lipinski definition) is 3. The predicted molar refractivity (Wildman–Crippen MR) is 74.8 cm³/mol. The fraction of sp³-hybridized carbons (Fsp3) is 0.429. The van der Waals surface area contributed by atoms with E-state index >= 15 is 0 Å². The standard InChI is InChI=1S/C14H20N2O3/c1-9(2)13(18)8-14(19)16-12-6-4-5-11(7-12)15-10(3)17/h4-7,9,13,18H,8H2,1-3H3,(H,15,17)(H,16,19). The molecule has 0 saturated carbocycles. The average Bonchev–Trinajstić information content (AvgIpc) is 2.27. The van der Waals surface area contributed by atoms with E-state index in [-0.39, 0.29) is 24.2 Å². The third-order valence-corrected chi connectivity index (χ3v) is 2.63. The number of amides is 2. The van der Waals surface area contributed by atoms with Crippen LogP contribution in [0.4, 0.5) is 11.4 Å². The lowest BCUT2D eigenvalue weighted by atomic mass is 10.0. The van der Waals surface area contributed by atoms with E-state index in [0.29, 0.717) is 11.4 Å². The van der Waals surface area contributed by atoms with Crippen molar-refractivity contribution in [2.75, 3.05) is 10.6 Å². The number of anilines is 2. The van der Waals surface area contributed by atoms with E-state index in [1.54, 1.807) is 24.3 Å². The quantitative estimate of drug-likeness (QED) is 0.761. The molecule has 0 heterocycles. The van der Waals surface area contributed by atoms with Crippen LogP contribution in [0.5, 0.6) is 0 Å². The van der Waals surface area contributed by atoms with E-state index in [1.165, 1.54) is 6.92 Å². The summed E-state index contributed by atoms with van der Waals surface area (Å²) < 4.78 is 0. The third kappa shape index (κ3) is 5.52. The molecule has 19 heavy (non-hydrogen) atoms. The lowest BCUT2D eigenvalue weighted by Gasteiger charge is -2.14. The molecule has 1 unspecified atom stereocenters. The van der Waals surface area contributed by atoms with Crippen LogP contribution in [0.15, 0.2) is 24.3 Å². The van der Waals surface area contributed by atoms with Crippen molar-refractivity contribution in [2.24, 2.45) is 5.92 Å². The Morgan fingerprint density at radius 1 is 1.21 bits per heavy atom. The first-order valence-electron chi connectivity index (χ1n) is 6.24. The van der Waals surface area contributed by atoms with E-state index in [4.69, 9.17) is 0 Å². The van der Waals surface area contributed by atoms with Gasteiger partial charge in [0.05, 0.1) is 12.5 Å². The second kappa shape index (κ2) is 6.89. The topological polar surface area (TPSA) is 78.4 Å². The highest BCUT2D eigenvalue weighted by molar-refractivity contribution is 5.93. The molecule has 1 rings (SSSR count). The number of carbonyl (C=O) groups is 2. The maximum Gasteiger partial charge on any atom is 0.226 e. The fourth-order valence-corrected chi connectivity index (χ4v) is 1.52. The Hall–Kier alpha value is -1.88. The number of aliphatic hydroxyl groups is 1. The first-order chi connectivity index (χ1) is 8.88. The van der Waals surface area contributed by atoms with Crippen molar-refractivity contribution in [3.8, 4) is 0 Å². The van der Waals surface area contributed by atoms with Crippen molar-refractivity contribution in [1.29, 1.82) is 0 Å². The first-order valence-corrected chi connectivity index (χ1v) is 6.24. The molecule has 2 amide bonds. The fourth-order valence-electron chi connectivity index (χ4n) is 1.52. The van der Waals surface area contributed by atoms with E-state index in [1.807, 2.05) is 13.8 Å². The van der Waals surface area contributed by atoms with E-state index in [0.717, 1.165) is 0 Å². The van der Waals surface area contributed by atoms with Gasteiger partial charge in [-0.25, -0.2) is 0 Å². The molecular weight excluding hydrogens is 244 g/mol. The van der Waals surface area contributed by atoms with Gasteiger partial charge in [0.15, 0.2) is 0 Å². The maximum absolute atomic E-state index is 11.7. The number of aliphatic hydroxyl groups excluding tert-OH is 1. The zero-order valence-electron chi connectivity index (χ0n) is 11.4. The Bertz CT molecular complexity index is 458. The summed E-state index contributed by atoms with van der Waals surface area (Å²) in [6, 6.07) is 6.87. The molecule has 0 aliphatic carbocycles. The van der Waals surface area contributed by atoms with Gasteiger partial charge in [0.2, 0.25) is 11.8 Å². The minimum Gasteiger partial charge on any atom is -0.392 e. The normalized spacial score (nSPS) is 12.1. The Balaban J connectivity index is 2.61. The molecule has 3 N–H and O–H groups in total. The van der Waals surface area contributed by atoms with Crippen molar-refractivity contribution in [3.05, 3.63) is 24.3 Å². The molecule has 0 spiro atoms. The molecule has 0 aliphatic rings. The summed E-state index contributed by atoms with van der Waals surface area (Å²) in [4.78, 5) is 22.6. The highest BCUT2D eigenvalue weighted by Crippen LogP contribution is 2.16. The second-order valence-corrected chi connectivity index (χ2v) is 4.83. The van der Waals surface area contributed by atoms with Gasteiger partial charge in [-0.3, -0.25) is 9.59 Å². The van der Waals surface area contributed by atoms with Crippen molar-refractivity contribution >= 4 is 23.2 Å². The monoisotopic (exact) mass is 264 g/mol. The zero-order valence-corrected chi connectivity index (χ0v) is 11.4. The van der Waals surface area contributed by atoms with Crippen molar-refractivity contribution in [1.82, 2.24) is 0 Å². The molecule has 5 nitrogen and oxygen atoms in total. The minimum absolute atomic E-state index is 0.0384. The van der Waals surface area contributed by atoms with Crippen LogP contribution in [0, 0.1) is 5.92 Å². The van der Waals surface area contributed by atoms with E-state index < -0.39 is 6.10 Å². The van der Waals surface area contributed by atoms with Crippen LogP contribution in [0.1, 0.15) is 27.2 Å². The molecule has 1 aromatic carbocycles. The highest BCUT2D eigenvalue weighted by atomic mass is 16.3. The van der Waals surface area contributed by atoms with Crippen LogP contribution in [0.2, 0.25) is 0 Å². The first kappa shape index (κ1) is 15.2. The van der Waals surface area contributed by atoms with E-state index in [2.05, 4.69) is 10.6 Å².